The van der Waals surface area contributed by atoms with Gasteiger partial charge in [0.05, 0.1) is 0 Å². The summed E-state index contributed by atoms with van der Waals surface area (Å²) in [6.45, 7) is 2.10. The van der Waals surface area contributed by atoms with Crippen molar-refractivity contribution < 1.29 is 27.9 Å². The van der Waals surface area contributed by atoms with Crippen LogP contribution >= 0.6 is 15.9 Å². The van der Waals surface area contributed by atoms with Gasteiger partial charge in [-0.1, -0.05) is 15.9 Å². The van der Waals surface area contributed by atoms with Crippen molar-refractivity contribution in [3.05, 3.63) is 28.2 Å². The molecule has 21 heavy (non-hydrogen) atoms. The van der Waals surface area contributed by atoms with Gasteiger partial charge in [0.25, 0.3) is 0 Å². The van der Waals surface area contributed by atoms with Crippen molar-refractivity contribution >= 4 is 33.6 Å². The maximum atomic E-state index is 12.8. The molecule has 1 aromatic carbocycles. The van der Waals surface area contributed by atoms with E-state index in [1.54, 1.807) is 13.0 Å². The Morgan fingerprint density at radius 3 is 2.24 bits per heavy atom. The molecule has 0 aliphatic heterocycles. The summed E-state index contributed by atoms with van der Waals surface area (Å²) >= 11 is 3.17. The summed E-state index contributed by atoms with van der Waals surface area (Å²) in [7, 11) is 0. The number of hydrogen-bond donors (Lipinski definition) is 3. The first kappa shape index (κ1) is 17.3. The Balaban J connectivity index is 2.92. The fourth-order valence-corrected chi connectivity index (χ4v) is 2.05. The lowest BCUT2D eigenvalue weighted by atomic mass is 10.0. The van der Waals surface area contributed by atoms with Crippen molar-refractivity contribution in [3.63, 3.8) is 0 Å². The van der Waals surface area contributed by atoms with Crippen LogP contribution in [0.4, 0.5) is 23.7 Å². The molecular formula is C12H12BrF3N2O3. The fraction of sp³-hybridized carbons (Fsp3) is 0.333. The molecule has 0 bridgehead atoms. The standard InChI is InChI=1S/C12H12BrF3N2O3/c1-6-3-7(13)5-8(4-6)17-10(21)18-11(2,9(19)20)12(14,15)16/h3-5H,1-2H3,(H,19,20)(H2,17,18,21). The van der Waals surface area contributed by atoms with Crippen LogP contribution in [0.3, 0.4) is 0 Å². The van der Waals surface area contributed by atoms with Crippen LogP contribution in [0.1, 0.15) is 12.5 Å². The van der Waals surface area contributed by atoms with Crippen LogP contribution in [0.15, 0.2) is 22.7 Å². The summed E-state index contributed by atoms with van der Waals surface area (Å²) in [5, 5.41) is 12.3. The molecule has 0 spiro atoms. The molecule has 3 N–H and O–H groups in total. The van der Waals surface area contributed by atoms with Gasteiger partial charge >= 0.3 is 18.2 Å². The molecule has 1 atom stereocenters. The largest absolute Gasteiger partial charge is 0.479 e. The van der Waals surface area contributed by atoms with E-state index in [4.69, 9.17) is 5.11 Å². The van der Waals surface area contributed by atoms with Crippen LogP contribution in [0.2, 0.25) is 0 Å². The van der Waals surface area contributed by atoms with Crippen molar-refractivity contribution in [1.29, 1.82) is 0 Å². The molecule has 1 aromatic rings. The van der Waals surface area contributed by atoms with Crippen LogP contribution in [-0.2, 0) is 4.79 Å². The summed E-state index contributed by atoms with van der Waals surface area (Å²) in [4.78, 5) is 22.4. The SMILES string of the molecule is Cc1cc(Br)cc(NC(=O)NC(C)(C(=O)O)C(F)(F)F)c1. The molecule has 116 valence electrons. The van der Waals surface area contributed by atoms with E-state index in [1.165, 1.54) is 17.4 Å². The lowest BCUT2D eigenvalue weighted by molar-refractivity contribution is -0.203. The molecule has 0 fully saturated rings. The number of carboxylic acid groups (broad SMARTS) is 1. The molecule has 1 rings (SSSR count). The van der Waals surface area contributed by atoms with Gasteiger partial charge in [-0.2, -0.15) is 13.2 Å². The normalized spacial score (nSPS) is 14.2. The van der Waals surface area contributed by atoms with Crippen LogP contribution < -0.4 is 10.6 Å². The van der Waals surface area contributed by atoms with Gasteiger partial charge in [0.2, 0.25) is 5.54 Å². The number of halogens is 4. The number of benzene rings is 1. The van der Waals surface area contributed by atoms with Crippen molar-refractivity contribution in [2.24, 2.45) is 0 Å². The molecule has 0 radical (unpaired) electrons. The highest BCUT2D eigenvalue weighted by Crippen LogP contribution is 2.30. The predicted octanol–water partition coefficient (Wildman–Crippen LogP) is 3.28. The van der Waals surface area contributed by atoms with Crippen molar-refractivity contribution in [2.75, 3.05) is 5.32 Å². The molecule has 0 aliphatic carbocycles. The first-order chi connectivity index (χ1) is 9.45. The molecular weight excluding hydrogens is 357 g/mol. The number of aryl methyl sites for hydroxylation is 1. The average Bonchev–Trinajstić information content (AvgIpc) is 2.24. The third kappa shape index (κ3) is 4.10. The van der Waals surface area contributed by atoms with E-state index >= 15 is 0 Å². The first-order valence-corrected chi connectivity index (χ1v) is 6.41. The first-order valence-electron chi connectivity index (χ1n) is 5.62. The van der Waals surface area contributed by atoms with Gasteiger partial charge in [0.15, 0.2) is 0 Å². The lowest BCUT2D eigenvalue weighted by Gasteiger charge is -2.28. The highest BCUT2D eigenvalue weighted by molar-refractivity contribution is 9.10. The molecule has 0 saturated carbocycles. The summed E-state index contributed by atoms with van der Waals surface area (Å²) in [6.07, 6.45) is -5.14. The molecule has 0 aliphatic rings. The van der Waals surface area contributed by atoms with Gasteiger partial charge in [-0.05, 0) is 37.6 Å². The summed E-state index contributed by atoms with van der Waals surface area (Å²) in [5.41, 5.74) is -2.39. The number of hydrogen-bond acceptors (Lipinski definition) is 2. The summed E-state index contributed by atoms with van der Waals surface area (Å²) in [5.74, 6) is -2.20. The van der Waals surface area contributed by atoms with Crippen LogP contribution in [0.5, 0.6) is 0 Å². The van der Waals surface area contributed by atoms with Crippen LogP contribution in [0, 0.1) is 6.92 Å². The number of carboxylic acids is 1. The zero-order valence-electron chi connectivity index (χ0n) is 11.0. The maximum Gasteiger partial charge on any atom is 0.422 e. The van der Waals surface area contributed by atoms with Crippen molar-refractivity contribution in [2.45, 2.75) is 25.6 Å². The van der Waals surface area contributed by atoms with Gasteiger partial charge in [0.1, 0.15) is 0 Å². The highest BCUT2D eigenvalue weighted by atomic mass is 79.9. The third-order valence-electron chi connectivity index (χ3n) is 2.66. The van der Waals surface area contributed by atoms with E-state index < -0.39 is 23.7 Å². The minimum Gasteiger partial charge on any atom is -0.479 e. The third-order valence-corrected chi connectivity index (χ3v) is 3.12. The van der Waals surface area contributed by atoms with Gasteiger partial charge in [-0.25, -0.2) is 9.59 Å². The molecule has 9 heteroatoms. The van der Waals surface area contributed by atoms with E-state index in [0.717, 1.165) is 5.56 Å². The molecule has 1 unspecified atom stereocenters. The topological polar surface area (TPSA) is 78.4 Å². The number of alkyl halides is 3. The molecule has 5 nitrogen and oxygen atoms in total. The Kier molecular flexibility index (Phi) is 4.87. The number of rotatable bonds is 3. The fourth-order valence-electron chi connectivity index (χ4n) is 1.44. The van der Waals surface area contributed by atoms with E-state index in [1.807, 2.05) is 0 Å². The summed E-state index contributed by atoms with van der Waals surface area (Å²) in [6, 6.07) is 3.46. The quantitative estimate of drug-likeness (QED) is 0.765. The number of carbonyl (C=O) groups excluding carboxylic acids is 1. The minimum absolute atomic E-state index is 0.231. The Morgan fingerprint density at radius 1 is 1.24 bits per heavy atom. The van der Waals surface area contributed by atoms with Gasteiger partial charge in [0, 0.05) is 10.2 Å². The summed E-state index contributed by atoms with van der Waals surface area (Å²) < 4.78 is 38.9. The van der Waals surface area contributed by atoms with E-state index in [0.29, 0.717) is 11.4 Å². The maximum absolute atomic E-state index is 12.8. The second kappa shape index (κ2) is 5.92. The average molecular weight is 369 g/mol. The molecule has 0 heterocycles. The Labute approximate surface area is 126 Å². The zero-order valence-corrected chi connectivity index (χ0v) is 12.6. The van der Waals surface area contributed by atoms with E-state index in [2.05, 4.69) is 21.2 Å². The van der Waals surface area contributed by atoms with Gasteiger partial charge in [-0.15, -0.1) is 0 Å². The van der Waals surface area contributed by atoms with Gasteiger partial charge < -0.3 is 15.7 Å². The zero-order chi connectivity index (χ0) is 16.4. The number of aliphatic carboxylic acids is 1. The van der Waals surface area contributed by atoms with E-state index in [9.17, 15) is 22.8 Å². The second-order valence-corrected chi connectivity index (χ2v) is 5.44. The van der Waals surface area contributed by atoms with Crippen LogP contribution in [0.25, 0.3) is 0 Å². The van der Waals surface area contributed by atoms with E-state index in [-0.39, 0.29) is 5.69 Å². The number of carbonyl (C=O) groups is 2. The molecule has 0 aromatic heterocycles. The Hall–Kier alpha value is -1.77. The highest BCUT2D eigenvalue weighted by Gasteiger charge is 2.58. The minimum atomic E-state index is -5.14. The number of nitrogens with one attached hydrogen (secondary N) is 2. The van der Waals surface area contributed by atoms with Gasteiger partial charge in [-0.3, -0.25) is 0 Å². The Bertz CT molecular complexity index is 557. The number of amides is 2. The Morgan fingerprint density at radius 2 is 1.81 bits per heavy atom. The van der Waals surface area contributed by atoms with Crippen molar-refractivity contribution in [1.82, 2.24) is 5.32 Å². The second-order valence-electron chi connectivity index (χ2n) is 4.52. The monoisotopic (exact) mass is 368 g/mol. The lowest BCUT2D eigenvalue weighted by Crippen LogP contribution is -2.62. The van der Waals surface area contributed by atoms with Crippen molar-refractivity contribution in [3.8, 4) is 0 Å². The number of anilines is 1. The number of urea groups is 1. The predicted molar refractivity (Wildman–Crippen MR) is 73.1 cm³/mol. The van der Waals surface area contributed by atoms with Crippen LogP contribution in [-0.4, -0.2) is 28.8 Å². The smallest absolute Gasteiger partial charge is 0.422 e. The molecule has 0 saturated heterocycles. The molecule has 2 amide bonds.